The maximum Gasteiger partial charge on any atom is 0.303 e. The Bertz CT molecular complexity index is 345. The molecule has 0 radical (unpaired) electrons. The molecule has 1 aromatic rings. The Hall–Kier alpha value is -1.51. The van der Waals surface area contributed by atoms with Crippen LogP contribution in [0.4, 0.5) is 0 Å². The van der Waals surface area contributed by atoms with Crippen molar-refractivity contribution in [2.24, 2.45) is 0 Å². The zero-order valence-corrected chi connectivity index (χ0v) is 9.12. The summed E-state index contributed by atoms with van der Waals surface area (Å²) in [4.78, 5) is 10.4. The second-order valence-electron chi connectivity index (χ2n) is 3.42. The highest BCUT2D eigenvalue weighted by atomic mass is 16.5. The van der Waals surface area contributed by atoms with Gasteiger partial charge in [-0.1, -0.05) is 6.07 Å². The van der Waals surface area contributed by atoms with Crippen LogP contribution in [0.3, 0.4) is 0 Å². The Labute approximate surface area is 89.7 Å². The third-order valence-electron chi connectivity index (χ3n) is 2.23. The SMILES string of the molecule is CCOc1ccc(CCC(=O)O)c(C)c1. The molecule has 15 heavy (non-hydrogen) atoms. The summed E-state index contributed by atoms with van der Waals surface area (Å²) in [6, 6.07) is 5.76. The maximum absolute atomic E-state index is 10.4. The minimum Gasteiger partial charge on any atom is -0.494 e. The molecule has 0 spiro atoms. The first-order valence-electron chi connectivity index (χ1n) is 5.07. The van der Waals surface area contributed by atoms with E-state index in [1.165, 1.54) is 0 Å². The second-order valence-corrected chi connectivity index (χ2v) is 3.42. The number of carboxylic acid groups (broad SMARTS) is 1. The molecule has 0 atom stereocenters. The topological polar surface area (TPSA) is 46.5 Å². The first-order valence-corrected chi connectivity index (χ1v) is 5.07. The van der Waals surface area contributed by atoms with E-state index in [-0.39, 0.29) is 6.42 Å². The number of ether oxygens (including phenoxy) is 1. The Kier molecular flexibility index (Phi) is 4.16. The molecule has 1 N–H and O–H groups in total. The number of benzene rings is 1. The average molecular weight is 208 g/mol. The van der Waals surface area contributed by atoms with Gasteiger partial charge in [0.25, 0.3) is 0 Å². The lowest BCUT2D eigenvalue weighted by Gasteiger charge is -2.08. The summed E-state index contributed by atoms with van der Waals surface area (Å²) >= 11 is 0. The molecule has 3 nitrogen and oxygen atoms in total. The van der Waals surface area contributed by atoms with E-state index >= 15 is 0 Å². The van der Waals surface area contributed by atoms with Crippen molar-refractivity contribution in [3.8, 4) is 5.75 Å². The smallest absolute Gasteiger partial charge is 0.303 e. The minimum atomic E-state index is -0.761. The summed E-state index contributed by atoms with van der Waals surface area (Å²) in [5.41, 5.74) is 2.16. The van der Waals surface area contributed by atoms with Gasteiger partial charge < -0.3 is 9.84 Å². The molecule has 0 aromatic heterocycles. The van der Waals surface area contributed by atoms with Gasteiger partial charge in [-0.25, -0.2) is 0 Å². The third-order valence-corrected chi connectivity index (χ3v) is 2.23. The van der Waals surface area contributed by atoms with Gasteiger partial charge >= 0.3 is 5.97 Å². The number of carbonyl (C=O) groups is 1. The highest BCUT2D eigenvalue weighted by Crippen LogP contribution is 2.18. The van der Waals surface area contributed by atoms with Crippen molar-refractivity contribution >= 4 is 5.97 Å². The molecule has 0 fully saturated rings. The number of aryl methyl sites for hydroxylation is 2. The number of hydrogen-bond donors (Lipinski definition) is 1. The first-order chi connectivity index (χ1) is 7.13. The molecule has 0 heterocycles. The van der Waals surface area contributed by atoms with E-state index in [1.54, 1.807) is 0 Å². The van der Waals surface area contributed by atoms with E-state index in [0.717, 1.165) is 16.9 Å². The summed E-state index contributed by atoms with van der Waals surface area (Å²) in [6.07, 6.45) is 0.752. The largest absolute Gasteiger partial charge is 0.494 e. The van der Waals surface area contributed by atoms with Crippen LogP contribution in [0, 0.1) is 6.92 Å². The van der Waals surface area contributed by atoms with Crippen molar-refractivity contribution < 1.29 is 14.6 Å². The highest BCUT2D eigenvalue weighted by Gasteiger charge is 2.03. The molecule has 0 amide bonds. The lowest BCUT2D eigenvalue weighted by Crippen LogP contribution is -1.99. The van der Waals surface area contributed by atoms with Crippen molar-refractivity contribution in [1.82, 2.24) is 0 Å². The van der Waals surface area contributed by atoms with Crippen LogP contribution in [-0.2, 0) is 11.2 Å². The third kappa shape index (κ3) is 3.62. The van der Waals surface area contributed by atoms with E-state index < -0.39 is 5.97 Å². The fraction of sp³-hybridized carbons (Fsp3) is 0.417. The van der Waals surface area contributed by atoms with Gasteiger partial charge in [-0.15, -0.1) is 0 Å². The van der Waals surface area contributed by atoms with Crippen LogP contribution in [0.2, 0.25) is 0 Å². The van der Waals surface area contributed by atoms with Crippen LogP contribution < -0.4 is 4.74 Å². The fourth-order valence-electron chi connectivity index (χ4n) is 1.45. The molecule has 0 aliphatic rings. The summed E-state index contributed by atoms with van der Waals surface area (Å²) in [6.45, 7) is 4.56. The van der Waals surface area contributed by atoms with Crippen LogP contribution in [-0.4, -0.2) is 17.7 Å². The Morgan fingerprint density at radius 1 is 1.47 bits per heavy atom. The molecule has 0 saturated heterocycles. The molecule has 0 aliphatic heterocycles. The predicted molar refractivity (Wildman–Crippen MR) is 58.3 cm³/mol. The lowest BCUT2D eigenvalue weighted by atomic mass is 10.0. The van der Waals surface area contributed by atoms with Crippen molar-refractivity contribution in [3.63, 3.8) is 0 Å². The van der Waals surface area contributed by atoms with Gasteiger partial charge in [-0.05, 0) is 43.5 Å². The Balaban J connectivity index is 2.70. The Morgan fingerprint density at radius 3 is 2.73 bits per heavy atom. The van der Waals surface area contributed by atoms with E-state index in [0.29, 0.717) is 13.0 Å². The van der Waals surface area contributed by atoms with Gasteiger partial charge in [0, 0.05) is 6.42 Å². The number of aliphatic carboxylic acids is 1. The van der Waals surface area contributed by atoms with E-state index in [2.05, 4.69) is 0 Å². The van der Waals surface area contributed by atoms with Gasteiger partial charge in [-0.3, -0.25) is 4.79 Å². The van der Waals surface area contributed by atoms with Gasteiger partial charge in [0.05, 0.1) is 6.61 Å². The molecular weight excluding hydrogens is 192 g/mol. The van der Waals surface area contributed by atoms with E-state index in [4.69, 9.17) is 9.84 Å². The van der Waals surface area contributed by atoms with Crippen LogP contribution in [0.1, 0.15) is 24.5 Å². The molecule has 82 valence electrons. The molecule has 0 aliphatic carbocycles. The molecule has 3 heteroatoms. The molecule has 0 bridgehead atoms. The van der Waals surface area contributed by atoms with Crippen LogP contribution in [0.15, 0.2) is 18.2 Å². The van der Waals surface area contributed by atoms with Gasteiger partial charge in [0.15, 0.2) is 0 Å². The molecule has 0 unspecified atom stereocenters. The molecule has 1 rings (SSSR count). The number of carboxylic acids is 1. The van der Waals surface area contributed by atoms with Crippen molar-refractivity contribution in [2.75, 3.05) is 6.61 Å². The number of rotatable bonds is 5. The van der Waals surface area contributed by atoms with Crippen LogP contribution >= 0.6 is 0 Å². The zero-order chi connectivity index (χ0) is 11.3. The van der Waals surface area contributed by atoms with Crippen LogP contribution in [0.5, 0.6) is 5.75 Å². The first kappa shape index (κ1) is 11.6. The number of hydrogen-bond acceptors (Lipinski definition) is 2. The standard InChI is InChI=1S/C12H16O3/c1-3-15-11-6-4-10(9(2)8-11)5-7-12(13)14/h4,6,8H,3,5,7H2,1-2H3,(H,13,14). The summed E-state index contributed by atoms with van der Waals surface area (Å²) in [5.74, 6) is 0.0809. The van der Waals surface area contributed by atoms with Gasteiger partial charge in [-0.2, -0.15) is 0 Å². The lowest BCUT2D eigenvalue weighted by molar-refractivity contribution is -0.136. The van der Waals surface area contributed by atoms with Gasteiger partial charge in [0.2, 0.25) is 0 Å². The monoisotopic (exact) mass is 208 g/mol. The van der Waals surface area contributed by atoms with Crippen molar-refractivity contribution in [3.05, 3.63) is 29.3 Å². The zero-order valence-electron chi connectivity index (χ0n) is 9.12. The minimum absolute atomic E-state index is 0.175. The maximum atomic E-state index is 10.4. The highest BCUT2D eigenvalue weighted by molar-refractivity contribution is 5.67. The quantitative estimate of drug-likeness (QED) is 0.808. The normalized spacial score (nSPS) is 10.0. The van der Waals surface area contributed by atoms with E-state index in [9.17, 15) is 4.79 Å². The average Bonchev–Trinajstić information content (AvgIpc) is 2.17. The van der Waals surface area contributed by atoms with Crippen LogP contribution in [0.25, 0.3) is 0 Å². The Morgan fingerprint density at radius 2 is 2.20 bits per heavy atom. The summed E-state index contributed by atoms with van der Waals surface area (Å²) < 4.78 is 5.35. The van der Waals surface area contributed by atoms with Crippen molar-refractivity contribution in [2.45, 2.75) is 26.7 Å². The second kappa shape index (κ2) is 5.39. The molecule has 1 aromatic carbocycles. The van der Waals surface area contributed by atoms with Gasteiger partial charge in [0.1, 0.15) is 5.75 Å². The fourth-order valence-corrected chi connectivity index (χ4v) is 1.45. The van der Waals surface area contributed by atoms with Crippen molar-refractivity contribution in [1.29, 1.82) is 0 Å². The predicted octanol–water partition coefficient (Wildman–Crippen LogP) is 2.41. The summed E-state index contributed by atoms with van der Waals surface area (Å²) in [5, 5.41) is 8.58. The summed E-state index contributed by atoms with van der Waals surface area (Å²) in [7, 11) is 0. The molecule has 0 saturated carbocycles. The van der Waals surface area contributed by atoms with E-state index in [1.807, 2.05) is 32.0 Å². The molecular formula is C12H16O3.